The summed E-state index contributed by atoms with van der Waals surface area (Å²) in [5.41, 5.74) is -3.10. The number of hydrogen-bond acceptors (Lipinski definition) is 1. The molecular weight excluding hydrogens is 470 g/mol. The molecule has 1 nitrogen and oxygen atoms in total. The highest BCUT2D eigenvalue weighted by Crippen LogP contribution is 2.55. The van der Waals surface area contributed by atoms with Crippen molar-refractivity contribution >= 4 is 22.6 Å². The number of alkyl halides is 9. The lowest BCUT2D eigenvalue weighted by Crippen LogP contribution is -2.62. The number of benzene rings is 1. The van der Waals surface area contributed by atoms with Gasteiger partial charge in [-0.05, 0) is 47.2 Å². The fourth-order valence-electron chi connectivity index (χ4n) is 1.88. The monoisotopic (exact) mass is 480 g/mol. The van der Waals surface area contributed by atoms with Crippen molar-refractivity contribution in [2.45, 2.75) is 42.9 Å². The number of hydrogen-bond donors (Lipinski definition) is 1. The van der Waals surface area contributed by atoms with Crippen molar-refractivity contribution in [3.63, 3.8) is 0 Å². The summed E-state index contributed by atoms with van der Waals surface area (Å²) < 4.78 is 116. The van der Waals surface area contributed by atoms with Crippen LogP contribution < -0.4 is 0 Å². The maximum absolute atomic E-state index is 13.6. The van der Waals surface area contributed by atoms with Crippen LogP contribution in [0, 0.1) is 3.57 Å². The minimum absolute atomic E-state index is 0.333. The highest BCUT2D eigenvalue weighted by molar-refractivity contribution is 14.1. The Bertz CT molecular complexity index is 595. The molecule has 1 atom stereocenters. The molecular formula is C13H10F9IO. The van der Waals surface area contributed by atoms with Crippen molar-refractivity contribution in [3.05, 3.63) is 33.4 Å². The van der Waals surface area contributed by atoms with Crippen molar-refractivity contribution in [2.24, 2.45) is 0 Å². The van der Waals surface area contributed by atoms with E-state index in [2.05, 4.69) is 0 Å². The van der Waals surface area contributed by atoms with Gasteiger partial charge in [-0.3, -0.25) is 0 Å². The molecule has 0 heterocycles. The molecule has 0 aromatic heterocycles. The van der Waals surface area contributed by atoms with Gasteiger partial charge in [-0.2, -0.15) is 39.5 Å². The van der Waals surface area contributed by atoms with Gasteiger partial charge in [0.2, 0.25) is 0 Å². The van der Waals surface area contributed by atoms with Crippen LogP contribution in [0.5, 0.6) is 0 Å². The van der Waals surface area contributed by atoms with Crippen LogP contribution in [0.2, 0.25) is 0 Å². The van der Waals surface area contributed by atoms with Crippen molar-refractivity contribution in [1.82, 2.24) is 0 Å². The molecule has 0 fully saturated rings. The SMILES string of the molecule is CC(O)(CC(F)(F)C(F)(F)C(F)(F)C(F)(F)F)c1cccc(I)c1. The first-order valence-corrected chi connectivity index (χ1v) is 7.22. The van der Waals surface area contributed by atoms with Crippen molar-refractivity contribution < 1.29 is 44.6 Å². The molecule has 0 saturated carbocycles. The Morgan fingerprint density at radius 1 is 0.917 bits per heavy atom. The lowest BCUT2D eigenvalue weighted by Gasteiger charge is -2.37. The quantitative estimate of drug-likeness (QED) is 0.445. The van der Waals surface area contributed by atoms with Crippen LogP contribution in [0.15, 0.2) is 24.3 Å². The number of halogens is 10. The maximum Gasteiger partial charge on any atom is 0.460 e. The molecule has 0 aliphatic rings. The molecule has 1 unspecified atom stereocenters. The molecule has 11 heteroatoms. The lowest BCUT2D eigenvalue weighted by atomic mass is 9.86. The van der Waals surface area contributed by atoms with Gasteiger partial charge in [0.25, 0.3) is 0 Å². The Labute approximate surface area is 144 Å². The Hall–Kier alpha value is -0.720. The molecule has 0 aliphatic carbocycles. The second-order valence-electron chi connectivity index (χ2n) is 5.31. The second-order valence-corrected chi connectivity index (χ2v) is 6.56. The molecule has 0 spiro atoms. The molecule has 1 aromatic rings. The average Bonchev–Trinajstić information content (AvgIpc) is 2.35. The predicted octanol–water partition coefficient (Wildman–Crippen LogP) is 5.36. The van der Waals surface area contributed by atoms with Crippen LogP contribution >= 0.6 is 22.6 Å². The first kappa shape index (κ1) is 21.3. The van der Waals surface area contributed by atoms with Crippen LogP contribution in [0.25, 0.3) is 0 Å². The van der Waals surface area contributed by atoms with Gasteiger partial charge < -0.3 is 5.11 Å². The molecule has 1 N–H and O–H groups in total. The Morgan fingerprint density at radius 2 is 1.42 bits per heavy atom. The molecule has 0 radical (unpaired) electrons. The minimum Gasteiger partial charge on any atom is -0.385 e. The predicted molar refractivity (Wildman–Crippen MR) is 74.2 cm³/mol. The van der Waals surface area contributed by atoms with Crippen LogP contribution in [-0.4, -0.2) is 29.1 Å². The smallest absolute Gasteiger partial charge is 0.385 e. The molecule has 0 amide bonds. The average molecular weight is 480 g/mol. The van der Waals surface area contributed by atoms with E-state index in [1.54, 1.807) is 22.6 Å². The topological polar surface area (TPSA) is 20.2 Å². The molecule has 138 valence electrons. The summed E-state index contributed by atoms with van der Waals surface area (Å²) in [6.07, 6.45) is -9.22. The summed E-state index contributed by atoms with van der Waals surface area (Å²) in [4.78, 5) is 0. The lowest BCUT2D eigenvalue weighted by molar-refractivity contribution is -0.400. The third-order valence-electron chi connectivity index (χ3n) is 3.22. The van der Waals surface area contributed by atoms with Crippen molar-refractivity contribution in [1.29, 1.82) is 0 Å². The zero-order valence-electron chi connectivity index (χ0n) is 11.7. The fourth-order valence-corrected chi connectivity index (χ4v) is 2.42. The Kier molecular flexibility index (Phi) is 5.52. The van der Waals surface area contributed by atoms with Gasteiger partial charge in [0.15, 0.2) is 0 Å². The van der Waals surface area contributed by atoms with Gasteiger partial charge in [0, 0.05) is 3.57 Å². The number of aliphatic hydroxyl groups is 1. The van der Waals surface area contributed by atoms with Gasteiger partial charge in [-0.25, -0.2) is 0 Å². The summed E-state index contributed by atoms with van der Waals surface area (Å²) in [6.45, 7) is 0.619. The molecule has 0 saturated heterocycles. The van der Waals surface area contributed by atoms with E-state index in [-0.39, 0.29) is 5.56 Å². The van der Waals surface area contributed by atoms with E-state index in [0.29, 0.717) is 10.5 Å². The standard InChI is InChI=1S/C13H10F9IO/c1-9(24,7-3-2-4-8(23)5-7)6-10(14,15)11(16,17)12(18,19)13(20,21)22/h2-5,24H,6H2,1H3. The first-order chi connectivity index (χ1) is 10.5. The largest absolute Gasteiger partial charge is 0.460 e. The molecule has 1 rings (SSSR count). The third-order valence-corrected chi connectivity index (χ3v) is 3.89. The van der Waals surface area contributed by atoms with Gasteiger partial charge in [-0.1, -0.05) is 12.1 Å². The fraction of sp³-hybridized carbons (Fsp3) is 0.538. The zero-order chi connectivity index (χ0) is 19.2. The van der Waals surface area contributed by atoms with Crippen LogP contribution in [0.3, 0.4) is 0 Å². The minimum atomic E-state index is -6.97. The molecule has 24 heavy (non-hydrogen) atoms. The normalized spacial score (nSPS) is 16.8. The van der Waals surface area contributed by atoms with E-state index >= 15 is 0 Å². The van der Waals surface area contributed by atoms with Crippen LogP contribution in [0.4, 0.5) is 39.5 Å². The van der Waals surface area contributed by atoms with Gasteiger partial charge in [0.1, 0.15) is 0 Å². The summed E-state index contributed by atoms with van der Waals surface area (Å²) >= 11 is 1.71. The summed E-state index contributed by atoms with van der Waals surface area (Å²) in [5.74, 6) is -19.5. The van der Waals surface area contributed by atoms with Crippen molar-refractivity contribution in [3.8, 4) is 0 Å². The van der Waals surface area contributed by atoms with Gasteiger partial charge in [-0.15, -0.1) is 0 Å². The Morgan fingerprint density at radius 3 is 1.83 bits per heavy atom. The van der Waals surface area contributed by atoms with E-state index in [4.69, 9.17) is 0 Å². The summed E-state index contributed by atoms with van der Waals surface area (Å²) in [5, 5.41) is 9.93. The van der Waals surface area contributed by atoms with E-state index in [1.807, 2.05) is 0 Å². The first-order valence-electron chi connectivity index (χ1n) is 6.14. The third kappa shape index (κ3) is 3.75. The van der Waals surface area contributed by atoms with E-state index in [9.17, 15) is 44.6 Å². The summed E-state index contributed by atoms with van der Waals surface area (Å²) in [6, 6.07) is 4.89. The zero-order valence-corrected chi connectivity index (χ0v) is 13.9. The van der Waals surface area contributed by atoms with E-state index in [0.717, 1.165) is 12.1 Å². The molecule has 0 aliphatic heterocycles. The Balaban J connectivity index is 3.24. The second kappa shape index (κ2) is 6.22. The number of rotatable bonds is 5. The summed E-state index contributed by atoms with van der Waals surface area (Å²) in [7, 11) is 0. The van der Waals surface area contributed by atoms with Crippen LogP contribution in [0.1, 0.15) is 18.9 Å². The van der Waals surface area contributed by atoms with Gasteiger partial charge >= 0.3 is 23.9 Å². The van der Waals surface area contributed by atoms with E-state index in [1.165, 1.54) is 12.1 Å². The highest BCUT2D eigenvalue weighted by Gasteiger charge is 2.81. The molecule has 1 aromatic carbocycles. The molecule has 0 bridgehead atoms. The van der Waals surface area contributed by atoms with Gasteiger partial charge in [0.05, 0.1) is 12.0 Å². The van der Waals surface area contributed by atoms with Crippen molar-refractivity contribution in [2.75, 3.05) is 0 Å². The van der Waals surface area contributed by atoms with E-state index < -0.39 is 36.0 Å². The maximum atomic E-state index is 13.6. The highest BCUT2D eigenvalue weighted by atomic mass is 127. The van der Waals surface area contributed by atoms with Crippen LogP contribution in [-0.2, 0) is 5.60 Å².